The molecule has 0 spiro atoms. The number of H-pyrrole nitrogens is 1. The van der Waals surface area contributed by atoms with E-state index in [0.717, 1.165) is 17.3 Å². The lowest BCUT2D eigenvalue weighted by Gasteiger charge is -2.25. The number of hydrogen-bond donors (Lipinski definition) is 1. The van der Waals surface area contributed by atoms with Crippen molar-refractivity contribution in [2.24, 2.45) is 0 Å². The lowest BCUT2D eigenvalue weighted by molar-refractivity contribution is -0.129. The molecular formula is C21H16F2N4O. The van der Waals surface area contributed by atoms with E-state index in [9.17, 15) is 13.6 Å². The van der Waals surface area contributed by atoms with Gasteiger partial charge >= 0.3 is 0 Å². The summed E-state index contributed by atoms with van der Waals surface area (Å²) in [5.74, 6) is -1.96. The number of aromatic nitrogens is 2. The molecule has 28 heavy (non-hydrogen) atoms. The zero-order chi connectivity index (χ0) is 19.7. The lowest BCUT2D eigenvalue weighted by Crippen LogP contribution is -2.34. The molecule has 1 amide bonds. The zero-order valence-electron chi connectivity index (χ0n) is 14.9. The van der Waals surface area contributed by atoms with Crippen molar-refractivity contribution in [1.29, 1.82) is 5.26 Å². The second-order valence-corrected chi connectivity index (χ2v) is 6.56. The van der Waals surface area contributed by atoms with Crippen LogP contribution in [-0.4, -0.2) is 33.9 Å². The van der Waals surface area contributed by atoms with Crippen LogP contribution >= 0.6 is 0 Å². The number of fused-ring (bicyclic) bond motifs is 1. The minimum absolute atomic E-state index is 0.123. The number of nitrogens with zero attached hydrogens (tertiary/aromatic N) is 3. The minimum atomic E-state index is -0.893. The highest BCUT2D eigenvalue weighted by Gasteiger charge is 2.20. The van der Waals surface area contributed by atoms with Gasteiger partial charge in [-0.05, 0) is 35.8 Å². The number of benzene rings is 1. The van der Waals surface area contributed by atoms with Gasteiger partial charge < -0.3 is 9.88 Å². The zero-order valence-corrected chi connectivity index (χ0v) is 14.9. The van der Waals surface area contributed by atoms with Crippen LogP contribution in [0.3, 0.4) is 0 Å². The Morgan fingerprint density at radius 3 is 2.89 bits per heavy atom. The number of halogens is 2. The van der Waals surface area contributed by atoms with Crippen molar-refractivity contribution in [2.45, 2.75) is 12.8 Å². The summed E-state index contributed by atoms with van der Waals surface area (Å²) in [6.45, 7) is 0.963. The number of nitrogens with one attached hydrogen (secondary N) is 1. The van der Waals surface area contributed by atoms with Gasteiger partial charge in [-0.1, -0.05) is 18.2 Å². The average Bonchev–Trinajstić information content (AvgIpc) is 3.15. The average molecular weight is 378 g/mol. The number of aromatic amines is 1. The highest BCUT2D eigenvalue weighted by Crippen LogP contribution is 2.33. The molecular weight excluding hydrogens is 362 g/mol. The van der Waals surface area contributed by atoms with Crippen LogP contribution < -0.4 is 0 Å². The second-order valence-electron chi connectivity index (χ2n) is 6.56. The molecule has 0 saturated heterocycles. The van der Waals surface area contributed by atoms with E-state index in [2.05, 4.69) is 9.97 Å². The first-order valence-corrected chi connectivity index (χ1v) is 8.84. The van der Waals surface area contributed by atoms with E-state index in [0.29, 0.717) is 36.1 Å². The standard InChI is InChI=1S/C21H16F2N4O/c22-17-3-1-2-15(20(17)23)14-5-9-25-21-16(14)12-18(26-21)13-6-10-27(11-7-13)19(28)4-8-24/h1-3,5-6,9,12H,4,7,10-11H2,(H,25,26). The lowest BCUT2D eigenvalue weighted by atomic mass is 10.0. The van der Waals surface area contributed by atoms with Crippen LogP contribution in [0, 0.1) is 23.0 Å². The summed E-state index contributed by atoms with van der Waals surface area (Å²) < 4.78 is 27.9. The van der Waals surface area contributed by atoms with E-state index in [1.807, 2.05) is 18.2 Å². The third kappa shape index (κ3) is 3.14. The van der Waals surface area contributed by atoms with Crippen LogP contribution in [0.15, 0.2) is 42.6 Å². The molecule has 4 rings (SSSR count). The normalized spacial score (nSPS) is 14.0. The number of hydrogen-bond acceptors (Lipinski definition) is 3. The largest absolute Gasteiger partial charge is 0.339 e. The summed E-state index contributed by atoms with van der Waals surface area (Å²) in [7, 11) is 0. The monoisotopic (exact) mass is 378 g/mol. The predicted octanol–water partition coefficient (Wildman–Crippen LogP) is 4.04. The highest BCUT2D eigenvalue weighted by atomic mass is 19.2. The fraction of sp³-hybridized carbons (Fsp3) is 0.190. The summed E-state index contributed by atoms with van der Waals surface area (Å²) in [6.07, 6.45) is 4.00. The SMILES string of the molecule is N#CCC(=O)N1CC=C(c2cc3c(-c4cccc(F)c4F)ccnc3[nH]2)CC1. The Hall–Kier alpha value is -3.53. The van der Waals surface area contributed by atoms with Gasteiger partial charge in [0.05, 0.1) is 6.07 Å². The molecule has 1 N–H and O–H groups in total. The highest BCUT2D eigenvalue weighted by molar-refractivity contribution is 5.95. The maximum absolute atomic E-state index is 14.3. The van der Waals surface area contributed by atoms with Gasteiger partial charge in [0, 0.05) is 35.9 Å². The Labute approximate surface area is 159 Å². The maximum Gasteiger partial charge on any atom is 0.237 e. The number of rotatable bonds is 3. The summed E-state index contributed by atoms with van der Waals surface area (Å²) in [6, 6.07) is 9.52. The van der Waals surface area contributed by atoms with Gasteiger partial charge in [0.15, 0.2) is 11.6 Å². The van der Waals surface area contributed by atoms with Crippen molar-refractivity contribution in [2.75, 3.05) is 13.1 Å². The van der Waals surface area contributed by atoms with Crippen LogP contribution in [0.25, 0.3) is 27.7 Å². The van der Waals surface area contributed by atoms with E-state index in [-0.39, 0.29) is 17.9 Å². The molecule has 2 aromatic heterocycles. The molecule has 0 bridgehead atoms. The third-order valence-electron chi connectivity index (χ3n) is 4.91. The molecule has 0 unspecified atom stereocenters. The third-order valence-corrected chi connectivity index (χ3v) is 4.91. The van der Waals surface area contributed by atoms with Gasteiger partial charge in [-0.25, -0.2) is 13.8 Å². The Bertz CT molecular complexity index is 1140. The Morgan fingerprint density at radius 2 is 2.14 bits per heavy atom. The van der Waals surface area contributed by atoms with Gasteiger partial charge in [0.1, 0.15) is 12.1 Å². The molecule has 140 valence electrons. The molecule has 3 aromatic rings. The summed E-state index contributed by atoms with van der Waals surface area (Å²) in [5.41, 5.74) is 3.18. The second kappa shape index (κ2) is 7.24. The number of carbonyl (C=O) groups is 1. The van der Waals surface area contributed by atoms with E-state index in [4.69, 9.17) is 5.26 Å². The molecule has 3 heterocycles. The number of carbonyl (C=O) groups excluding carboxylic acids is 1. The van der Waals surface area contributed by atoms with E-state index in [1.54, 1.807) is 23.2 Å². The Morgan fingerprint density at radius 1 is 1.29 bits per heavy atom. The first-order valence-electron chi connectivity index (χ1n) is 8.84. The first-order chi connectivity index (χ1) is 13.6. The summed E-state index contributed by atoms with van der Waals surface area (Å²) in [5, 5.41) is 9.36. The molecule has 0 aliphatic carbocycles. The molecule has 1 aliphatic heterocycles. The molecule has 0 fully saturated rings. The van der Waals surface area contributed by atoms with Gasteiger partial charge in [-0.3, -0.25) is 4.79 Å². The van der Waals surface area contributed by atoms with Crippen LogP contribution in [0.1, 0.15) is 18.5 Å². The Kier molecular flexibility index (Phi) is 4.62. The van der Waals surface area contributed by atoms with Crippen molar-refractivity contribution in [3.63, 3.8) is 0 Å². The van der Waals surface area contributed by atoms with Gasteiger partial charge in [0.2, 0.25) is 5.91 Å². The van der Waals surface area contributed by atoms with Crippen molar-refractivity contribution in [3.8, 4) is 17.2 Å². The van der Waals surface area contributed by atoms with E-state index in [1.165, 1.54) is 6.07 Å². The fourth-order valence-electron chi connectivity index (χ4n) is 3.47. The first kappa shape index (κ1) is 17.9. The Balaban J connectivity index is 1.69. The fourth-order valence-corrected chi connectivity index (χ4v) is 3.47. The summed E-state index contributed by atoms with van der Waals surface area (Å²) >= 11 is 0. The van der Waals surface area contributed by atoms with E-state index < -0.39 is 11.6 Å². The quantitative estimate of drug-likeness (QED) is 0.748. The molecule has 0 saturated carbocycles. The molecule has 5 nitrogen and oxygen atoms in total. The number of amides is 1. The predicted molar refractivity (Wildman–Crippen MR) is 101 cm³/mol. The molecule has 1 aromatic carbocycles. The summed E-state index contributed by atoms with van der Waals surface area (Å²) in [4.78, 5) is 21.0. The van der Waals surface area contributed by atoms with Crippen LogP contribution in [0.5, 0.6) is 0 Å². The molecule has 1 aliphatic rings. The number of nitriles is 1. The molecule has 0 atom stereocenters. The molecule has 7 heteroatoms. The van der Waals surface area contributed by atoms with Crippen LogP contribution in [0.2, 0.25) is 0 Å². The van der Waals surface area contributed by atoms with Crippen molar-refractivity contribution < 1.29 is 13.6 Å². The minimum Gasteiger partial charge on any atom is -0.339 e. The molecule has 0 radical (unpaired) electrons. The van der Waals surface area contributed by atoms with Crippen LogP contribution in [-0.2, 0) is 4.79 Å². The van der Waals surface area contributed by atoms with Crippen molar-refractivity contribution in [1.82, 2.24) is 14.9 Å². The van der Waals surface area contributed by atoms with Gasteiger partial charge in [-0.2, -0.15) is 5.26 Å². The van der Waals surface area contributed by atoms with Gasteiger partial charge in [-0.15, -0.1) is 0 Å². The smallest absolute Gasteiger partial charge is 0.237 e. The maximum atomic E-state index is 14.3. The van der Waals surface area contributed by atoms with Crippen molar-refractivity contribution in [3.05, 3.63) is 59.9 Å². The van der Waals surface area contributed by atoms with Crippen LogP contribution in [0.4, 0.5) is 8.78 Å². The van der Waals surface area contributed by atoms with E-state index >= 15 is 0 Å². The topological polar surface area (TPSA) is 72.8 Å². The van der Waals surface area contributed by atoms with Crippen molar-refractivity contribution >= 4 is 22.5 Å². The number of pyridine rings is 1. The van der Waals surface area contributed by atoms with Gasteiger partial charge in [0.25, 0.3) is 0 Å².